The lowest BCUT2D eigenvalue weighted by Crippen LogP contribution is -2.13. The summed E-state index contributed by atoms with van der Waals surface area (Å²) in [5.41, 5.74) is 0.734. The maximum atomic E-state index is 11.9. The van der Waals surface area contributed by atoms with Crippen molar-refractivity contribution in [3.63, 3.8) is 0 Å². The number of aromatic nitrogens is 2. The molecular formula is C15H17N3O3S. The number of carbonyl (C=O) groups is 1. The van der Waals surface area contributed by atoms with Crippen LogP contribution in [0, 0.1) is 0 Å². The van der Waals surface area contributed by atoms with E-state index >= 15 is 0 Å². The number of hydrogen-bond acceptors (Lipinski definition) is 6. The molecule has 1 fully saturated rings. The van der Waals surface area contributed by atoms with E-state index in [9.17, 15) is 4.79 Å². The molecule has 0 atom stereocenters. The fourth-order valence-electron chi connectivity index (χ4n) is 1.90. The van der Waals surface area contributed by atoms with E-state index in [2.05, 4.69) is 15.5 Å². The summed E-state index contributed by atoms with van der Waals surface area (Å²) >= 11 is 1.25. The van der Waals surface area contributed by atoms with Crippen LogP contribution in [-0.2, 0) is 4.79 Å². The number of amides is 1. The van der Waals surface area contributed by atoms with Gasteiger partial charge in [-0.1, -0.05) is 11.8 Å². The van der Waals surface area contributed by atoms with Crippen molar-refractivity contribution < 1.29 is 13.9 Å². The maximum Gasteiger partial charge on any atom is 0.277 e. The summed E-state index contributed by atoms with van der Waals surface area (Å²) in [4.78, 5) is 11.9. The van der Waals surface area contributed by atoms with Crippen LogP contribution in [0.25, 0.3) is 0 Å². The van der Waals surface area contributed by atoms with Crippen molar-refractivity contribution in [2.75, 3.05) is 17.7 Å². The van der Waals surface area contributed by atoms with Gasteiger partial charge in [0.2, 0.25) is 11.8 Å². The first-order valence-corrected chi connectivity index (χ1v) is 8.22. The number of hydrogen-bond donors (Lipinski definition) is 1. The van der Waals surface area contributed by atoms with Crippen LogP contribution in [0.1, 0.15) is 31.6 Å². The van der Waals surface area contributed by atoms with E-state index in [1.165, 1.54) is 11.8 Å². The lowest BCUT2D eigenvalue weighted by molar-refractivity contribution is -0.113. The molecule has 1 aliphatic rings. The Balaban J connectivity index is 1.46. The third kappa shape index (κ3) is 4.00. The van der Waals surface area contributed by atoms with E-state index in [0.29, 0.717) is 23.6 Å². The first-order valence-electron chi connectivity index (χ1n) is 7.23. The largest absolute Gasteiger partial charge is 0.494 e. The average Bonchev–Trinajstić information content (AvgIpc) is 3.26. The number of rotatable bonds is 7. The molecule has 1 aromatic heterocycles. The molecule has 2 aromatic rings. The predicted octanol–water partition coefficient (Wildman–Crippen LogP) is 3.08. The van der Waals surface area contributed by atoms with Crippen molar-refractivity contribution in [1.29, 1.82) is 0 Å². The summed E-state index contributed by atoms with van der Waals surface area (Å²) in [6.45, 7) is 2.55. The number of carbonyl (C=O) groups excluding carboxylic acids is 1. The van der Waals surface area contributed by atoms with Gasteiger partial charge in [-0.3, -0.25) is 4.79 Å². The Hall–Kier alpha value is -2.02. The molecule has 1 amide bonds. The summed E-state index contributed by atoms with van der Waals surface area (Å²) in [5, 5.41) is 11.2. The van der Waals surface area contributed by atoms with Crippen molar-refractivity contribution in [3.05, 3.63) is 30.2 Å². The molecule has 1 aliphatic carbocycles. The number of thioether (sulfide) groups is 1. The van der Waals surface area contributed by atoms with E-state index in [1.807, 2.05) is 31.2 Å². The number of anilines is 1. The average molecular weight is 319 g/mol. The Morgan fingerprint density at radius 1 is 1.36 bits per heavy atom. The number of benzene rings is 1. The summed E-state index contributed by atoms with van der Waals surface area (Å²) < 4.78 is 10.8. The topological polar surface area (TPSA) is 77.2 Å². The minimum atomic E-state index is -0.111. The van der Waals surface area contributed by atoms with Crippen molar-refractivity contribution >= 4 is 23.4 Å². The number of nitrogens with zero attached hydrogens (tertiary/aromatic N) is 2. The summed E-state index contributed by atoms with van der Waals surface area (Å²) in [5.74, 6) is 2.03. The minimum absolute atomic E-state index is 0.111. The van der Waals surface area contributed by atoms with Gasteiger partial charge in [0.05, 0.1) is 12.4 Å². The molecule has 7 heteroatoms. The van der Waals surface area contributed by atoms with Gasteiger partial charge in [0.25, 0.3) is 5.22 Å². The normalized spacial score (nSPS) is 13.9. The monoisotopic (exact) mass is 319 g/mol. The SMILES string of the molecule is CCOc1ccc(NC(=O)CSc2nnc(C3CC3)o2)cc1. The van der Waals surface area contributed by atoms with Gasteiger partial charge in [-0.15, -0.1) is 10.2 Å². The minimum Gasteiger partial charge on any atom is -0.494 e. The van der Waals surface area contributed by atoms with E-state index in [-0.39, 0.29) is 11.7 Å². The lowest BCUT2D eigenvalue weighted by atomic mass is 10.3. The Labute approximate surface area is 132 Å². The Kier molecular flexibility index (Phi) is 4.62. The Morgan fingerprint density at radius 2 is 2.14 bits per heavy atom. The second kappa shape index (κ2) is 6.83. The molecule has 0 unspecified atom stereocenters. The molecule has 1 saturated carbocycles. The standard InChI is InChI=1S/C15H17N3O3S/c1-2-20-12-7-5-11(6-8-12)16-13(19)9-22-15-18-17-14(21-15)10-3-4-10/h5-8,10H,2-4,9H2,1H3,(H,16,19). The van der Waals surface area contributed by atoms with Gasteiger partial charge in [-0.2, -0.15) is 0 Å². The van der Waals surface area contributed by atoms with Crippen LogP contribution in [0.4, 0.5) is 5.69 Å². The maximum absolute atomic E-state index is 11.9. The second-order valence-corrected chi connectivity index (χ2v) is 5.90. The van der Waals surface area contributed by atoms with Crippen LogP contribution in [0.2, 0.25) is 0 Å². The van der Waals surface area contributed by atoms with Crippen LogP contribution in [0.5, 0.6) is 5.75 Å². The molecule has 0 aliphatic heterocycles. The van der Waals surface area contributed by atoms with Gasteiger partial charge in [-0.25, -0.2) is 0 Å². The van der Waals surface area contributed by atoms with E-state index in [0.717, 1.165) is 24.3 Å². The number of ether oxygens (including phenoxy) is 1. The zero-order chi connectivity index (χ0) is 15.4. The molecule has 1 N–H and O–H groups in total. The van der Waals surface area contributed by atoms with E-state index in [1.54, 1.807) is 0 Å². The zero-order valence-corrected chi connectivity index (χ0v) is 13.1. The number of nitrogens with one attached hydrogen (secondary N) is 1. The van der Waals surface area contributed by atoms with E-state index in [4.69, 9.17) is 9.15 Å². The van der Waals surface area contributed by atoms with Crippen molar-refractivity contribution in [2.24, 2.45) is 0 Å². The van der Waals surface area contributed by atoms with E-state index < -0.39 is 0 Å². The molecule has 1 aromatic carbocycles. The molecule has 1 heterocycles. The van der Waals surface area contributed by atoms with Crippen LogP contribution in [-0.4, -0.2) is 28.5 Å². The first-order chi connectivity index (χ1) is 10.7. The molecule has 3 rings (SSSR count). The lowest BCUT2D eigenvalue weighted by Gasteiger charge is -2.06. The van der Waals surface area contributed by atoms with Gasteiger partial charge in [0.15, 0.2) is 0 Å². The smallest absolute Gasteiger partial charge is 0.277 e. The fraction of sp³-hybridized carbons (Fsp3) is 0.400. The molecule has 0 saturated heterocycles. The second-order valence-electron chi connectivity index (χ2n) is 4.97. The predicted molar refractivity (Wildman–Crippen MR) is 83.2 cm³/mol. The Morgan fingerprint density at radius 3 is 2.82 bits per heavy atom. The third-order valence-electron chi connectivity index (χ3n) is 3.12. The fourth-order valence-corrected chi connectivity index (χ4v) is 2.47. The van der Waals surface area contributed by atoms with Crippen LogP contribution in [0.15, 0.2) is 33.9 Å². The van der Waals surface area contributed by atoms with Gasteiger partial charge in [-0.05, 0) is 44.0 Å². The highest BCUT2D eigenvalue weighted by molar-refractivity contribution is 7.99. The molecule has 6 nitrogen and oxygen atoms in total. The molecule has 22 heavy (non-hydrogen) atoms. The summed E-state index contributed by atoms with van der Waals surface area (Å²) in [6.07, 6.45) is 2.23. The third-order valence-corrected chi connectivity index (χ3v) is 3.94. The molecule has 0 spiro atoms. The molecular weight excluding hydrogens is 302 g/mol. The zero-order valence-electron chi connectivity index (χ0n) is 12.2. The van der Waals surface area contributed by atoms with Gasteiger partial charge >= 0.3 is 0 Å². The summed E-state index contributed by atoms with van der Waals surface area (Å²) in [7, 11) is 0. The first kappa shape index (κ1) is 14.9. The van der Waals surface area contributed by atoms with Gasteiger partial charge in [0.1, 0.15) is 5.75 Å². The molecule has 116 valence electrons. The van der Waals surface area contributed by atoms with Crippen LogP contribution in [0.3, 0.4) is 0 Å². The highest BCUT2D eigenvalue weighted by atomic mass is 32.2. The van der Waals surface area contributed by atoms with Crippen molar-refractivity contribution in [3.8, 4) is 5.75 Å². The highest BCUT2D eigenvalue weighted by Crippen LogP contribution is 2.39. The Bertz CT molecular complexity index is 638. The van der Waals surface area contributed by atoms with Crippen LogP contribution < -0.4 is 10.1 Å². The summed E-state index contributed by atoms with van der Waals surface area (Å²) in [6, 6.07) is 7.27. The van der Waals surface area contributed by atoms with Crippen molar-refractivity contribution in [1.82, 2.24) is 10.2 Å². The van der Waals surface area contributed by atoms with Crippen molar-refractivity contribution in [2.45, 2.75) is 30.9 Å². The van der Waals surface area contributed by atoms with Gasteiger partial charge < -0.3 is 14.5 Å². The van der Waals surface area contributed by atoms with Crippen LogP contribution >= 0.6 is 11.8 Å². The highest BCUT2D eigenvalue weighted by Gasteiger charge is 2.29. The molecule has 0 bridgehead atoms. The van der Waals surface area contributed by atoms with Gasteiger partial charge in [0, 0.05) is 11.6 Å². The quantitative estimate of drug-likeness (QED) is 0.790. The molecule has 0 radical (unpaired) electrons.